The lowest BCUT2D eigenvalue weighted by Crippen LogP contribution is -2.36. The van der Waals surface area contributed by atoms with Crippen molar-refractivity contribution in [1.29, 1.82) is 0 Å². The van der Waals surface area contributed by atoms with Gasteiger partial charge in [-0.15, -0.1) is 0 Å². The van der Waals surface area contributed by atoms with Gasteiger partial charge in [-0.1, -0.05) is 0 Å². The Morgan fingerprint density at radius 1 is 1.23 bits per heavy atom. The molecule has 0 saturated heterocycles. The average Bonchev–Trinajstić information content (AvgIpc) is 2.50. The average molecular weight is 180 g/mol. The van der Waals surface area contributed by atoms with Crippen molar-refractivity contribution in [2.75, 3.05) is 0 Å². The molecule has 0 saturated carbocycles. The highest BCUT2D eigenvalue weighted by atomic mass is 15.2. The maximum atomic E-state index is 3.24. The molecule has 0 spiro atoms. The van der Waals surface area contributed by atoms with Crippen LogP contribution in [-0.4, -0.2) is 22.0 Å². The van der Waals surface area contributed by atoms with Gasteiger partial charge in [0.05, 0.1) is 0 Å². The molecule has 0 aliphatic rings. The summed E-state index contributed by atoms with van der Waals surface area (Å²) in [4.78, 5) is 5.70. The fraction of sp³-hybridized carbons (Fsp3) is 0.636. The fourth-order valence-electron chi connectivity index (χ4n) is 1.62. The SMILES string of the molecule is CC(C)N(Cc1ccc[nH]1)C(C)C. The highest BCUT2D eigenvalue weighted by Crippen LogP contribution is 2.09. The number of nitrogens with one attached hydrogen (secondary N) is 1. The van der Waals surface area contributed by atoms with Crippen LogP contribution in [0.2, 0.25) is 0 Å². The van der Waals surface area contributed by atoms with Gasteiger partial charge >= 0.3 is 0 Å². The molecule has 1 rings (SSSR count). The quantitative estimate of drug-likeness (QED) is 0.754. The molecule has 0 aliphatic heterocycles. The normalized spacial score (nSPS) is 11.9. The molecule has 1 aromatic rings. The molecule has 1 N–H and O–H groups in total. The highest BCUT2D eigenvalue weighted by molar-refractivity contribution is 5.03. The molecule has 0 aromatic carbocycles. The molecule has 74 valence electrons. The molecule has 0 radical (unpaired) electrons. The zero-order valence-electron chi connectivity index (χ0n) is 9.04. The van der Waals surface area contributed by atoms with E-state index >= 15 is 0 Å². The largest absolute Gasteiger partial charge is 0.364 e. The van der Waals surface area contributed by atoms with E-state index in [1.165, 1.54) is 5.69 Å². The maximum absolute atomic E-state index is 3.24. The first-order chi connectivity index (χ1) is 6.11. The van der Waals surface area contributed by atoms with Crippen molar-refractivity contribution in [2.24, 2.45) is 0 Å². The van der Waals surface area contributed by atoms with Gasteiger partial charge in [-0.05, 0) is 39.8 Å². The Bertz CT molecular complexity index is 216. The van der Waals surface area contributed by atoms with Crippen LogP contribution in [-0.2, 0) is 6.54 Å². The Balaban J connectivity index is 2.58. The van der Waals surface area contributed by atoms with Crippen molar-refractivity contribution in [3.05, 3.63) is 24.0 Å². The standard InChI is InChI=1S/C11H20N2/c1-9(2)13(10(3)4)8-11-6-5-7-12-11/h5-7,9-10,12H,8H2,1-4H3. The minimum Gasteiger partial charge on any atom is -0.364 e. The van der Waals surface area contributed by atoms with Crippen molar-refractivity contribution in [2.45, 2.75) is 46.3 Å². The molecule has 0 fully saturated rings. The molecule has 0 atom stereocenters. The summed E-state index contributed by atoms with van der Waals surface area (Å²) in [5, 5.41) is 0. The predicted octanol–water partition coefficient (Wildman–Crippen LogP) is 2.63. The minimum absolute atomic E-state index is 0.600. The van der Waals surface area contributed by atoms with Crippen LogP contribution in [0.25, 0.3) is 0 Å². The van der Waals surface area contributed by atoms with Crippen molar-refractivity contribution >= 4 is 0 Å². The van der Waals surface area contributed by atoms with E-state index in [4.69, 9.17) is 0 Å². The predicted molar refractivity (Wildman–Crippen MR) is 56.6 cm³/mol. The second-order valence-electron chi connectivity index (χ2n) is 4.06. The Kier molecular flexibility index (Phi) is 3.55. The molecule has 2 nitrogen and oxygen atoms in total. The maximum Gasteiger partial charge on any atom is 0.0390 e. The Morgan fingerprint density at radius 3 is 2.23 bits per heavy atom. The molecule has 0 amide bonds. The third kappa shape index (κ3) is 2.88. The Hall–Kier alpha value is -0.760. The van der Waals surface area contributed by atoms with E-state index < -0.39 is 0 Å². The van der Waals surface area contributed by atoms with E-state index in [1.807, 2.05) is 12.3 Å². The smallest absolute Gasteiger partial charge is 0.0390 e. The first-order valence-corrected chi connectivity index (χ1v) is 4.99. The lowest BCUT2D eigenvalue weighted by atomic mass is 10.2. The molecule has 1 aromatic heterocycles. The van der Waals surface area contributed by atoms with Crippen molar-refractivity contribution in [1.82, 2.24) is 9.88 Å². The van der Waals surface area contributed by atoms with Gasteiger partial charge in [0.1, 0.15) is 0 Å². The second-order valence-corrected chi connectivity index (χ2v) is 4.06. The molecular weight excluding hydrogens is 160 g/mol. The summed E-state index contributed by atoms with van der Waals surface area (Å²) in [5.74, 6) is 0. The van der Waals surface area contributed by atoms with E-state index in [1.54, 1.807) is 0 Å². The van der Waals surface area contributed by atoms with Gasteiger partial charge in [-0.2, -0.15) is 0 Å². The fourth-order valence-corrected chi connectivity index (χ4v) is 1.62. The lowest BCUT2D eigenvalue weighted by Gasteiger charge is -2.29. The number of hydrogen-bond acceptors (Lipinski definition) is 1. The first kappa shape index (κ1) is 10.3. The number of nitrogens with zero attached hydrogens (tertiary/aromatic N) is 1. The summed E-state index contributed by atoms with van der Waals surface area (Å²) < 4.78 is 0. The van der Waals surface area contributed by atoms with Crippen LogP contribution in [0.1, 0.15) is 33.4 Å². The van der Waals surface area contributed by atoms with Gasteiger partial charge in [0.25, 0.3) is 0 Å². The topological polar surface area (TPSA) is 19.0 Å². The Morgan fingerprint density at radius 2 is 1.85 bits per heavy atom. The monoisotopic (exact) mass is 180 g/mol. The molecular formula is C11H20N2. The van der Waals surface area contributed by atoms with Crippen LogP contribution < -0.4 is 0 Å². The number of aromatic nitrogens is 1. The van der Waals surface area contributed by atoms with Crippen LogP contribution in [0.5, 0.6) is 0 Å². The minimum atomic E-state index is 0.600. The summed E-state index contributed by atoms with van der Waals surface area (Å²) in [7, 11) is 0. The molecule has 1 heterocycles. The van der Waals surface area contributed by atoms with E-state index in [-0.39, 0.29) is 0 Å². The van der Waals surface area contributed by atoms with Gasteiger partial charge in [0, 0.05) is 30.5 Å². The van der Waals surface area contributed by atoms with Crippen molar-refractivity contribution in [3.8, 4) is 0 Å². The van der Waals surface area contributed by atoms with Crippen LogP contribution in [0, 0.1) is 0 Å². The second kappa shape index (κ2) is 4.47. The van der Waals surface area contributed by atoms with Crippen LogP contribution >= 0.6 is 0 Å². The highest BCUT2D eigenvalue weighted by Gasteiger charge is 2.13. The molecule has 0 unspecified atom stereocenters. The molecule has 2 heteroatoms. The van der Waals surface area contributed by atoms with E-state index in [0.717, 1.165) is 6.54 Å². The number of rotatable bonds is 4. The number of H-pyrrole nitrogens is 1. The third-order valence-electron chi connectivity index (χ3n) is 2.34. The Labute approximate surface area is 81.0 Å². The summed E-state index contributed by atoms with van der Waals surface area (Å²) in [6.07, 6.45) is 1.98. The zero-order chi connectivity index (χ0) is 9.84. The van der Waals surface area contributed by atoms with E-state index in [0.29, 0.717) is 12.1 Å². The summed E-state index contributed by atoms with van der Waals surface area (Å²) >= 11 is 0. The molecule has 0 aliphatic carbocycles. The van der Waals surface area contributed by atoms with Crippen LogP contribution in [0.3, 0.4) is 0 Å². The number of hydrogen-bond donors (Lipinski definition) is 1. The third-order valence-corrected chi connectivity index (χ3v) is 2.34. The van der Waals surface area contributed by atoms with E-state index in [9.17, 15) is 0 Å². The lowest BCUT2D eigenvalue weighted by molar-refractivity contribution is 0.164. The van der Waals surface area contributed by atoms with Crippen LogP contribution in [0.4, 0.5) is 0 Å². The van der Waals surface area contributed by atoms with Crippen molar-refractivity contribution in [3.63, 3.8) is 0 Å². The van der Waals surface area contributed by atoms with Gasteiger partial charge < -0.3 is 4.98 Å². The summed E-state index contributed by atoms with van der Waals surface area (Å²) in [6.45, 7) is 9.97. The van der Waals surface area contributed by atoms with Gasteiger partial charge in [-0.3, -0.25) is 4.90 Å². The van der Waals surface area contributed by atoms with Crippen LogP contribution in [0.15, 0.2) is 18.3 Å². The number of aromatic amines is 1. The summed E-state index contributed by atoms with van der Waals surface area (Å²) in [5.41, 5.74) is 1.29. The molecule has 13 heavy (non-hydrogen) atoms. The summed E-state index contributed by atoms with van der Waals surface area (Å²) in [6, 6.07) is 5.39. The first-order valence-electron chi connectivity index (χ1n) is 4.99. The van der Waals surface area contributed by atoms with Gasteiger partial charge in [0.15, 0.2) is 0 Å². The van der Waals surface area contributed by atoms with Gasteiger partial charge in [-0.25, -0.2) is 0 Å². The van der Waals surface area contributed by atoms with Gasteiger partial charge in [0.2, 0.25) is 0 Å². The zero-order valence-corrected chi connectivity index (χ0v) is 9.04. The van der Waals surface area contributed by atoms with E-state index in [2.05, 4.69) is 43.6 Å². The molecule has 0 bridgehead atoms. The van der Waals surface area contributed by atoms with Crippen molar-refractivity contribution < 1.29 is 0 Å².